The molecule has 1 atom stereocenters. The molecule has 0 aromatic carbocycles. The van der Waals surface area contributed by atoms with Gasteiger partial charge in [0.2, 0.25) is 0 Å². The number of nitrogens with one attached hydrogen (secondary N) is 2. The summed E-state index contributed by atoms with van der Waals surface area (Å²) < 4.78 is 36.8. The summed E-state index contributed by atoms with van der Waals surface area (Å²) in [6.45, 7) is 5.61. The third-order valence-electron chi connectivity index (χ3n) is 3.44. The lowest BCUT2D eigenvalue weighted by Gasteiger charge is -2.19. The molecule has 0 bridgehead atoms. The highest BCUT2D eigenvalue weighted by Crippen LogP contribution is 2.18. The number of guanidine groups is 1. The van der Waals surface area contributed by atoms with Crippen LogP contribution in [-0.4, -0.2) is 56.8 Å². The molecule has 2 N–H and O–H groups in total. The molecule has 0 radical (unpaired) electrons. The summed E-state index contributed by atoms with van der Waals surface area (Å²) in [4.78, 5) is 5.83. The van der Waals surface area contributed by atoms with Gasteiger partial charge in [0.15, 0.2) is 5.96 Å². The lowest BCUT2D eigenvalue weighted by molar-refractivity contribution is -0.143. The number of nitrogens with zero attached hydrogens (tertiary/aromatic N) is 2. The molecule has 0 amide bonds. The third-order valence-corrected chi connectivity index (χ3v) is 4.14. The second-order valence-corrected chi connectivity index (χ2v) is 6.59. The van der Waals surface area contributed by atoms with Gasteiger partial charge in [-0.25, -0.2) is 0 Å². The first-order chi connectivity index (χ1) is 11.3. The van der Waals surface area contributed by atoms with Crippen LogP contribution in [0.4, 0.5) is 13.2 Å². The smallest absolute Gasteiger partial charge is 0.357 e. The lowest BCUT2D eigenvalue weighted by Crippen LogP contribution is -2.39. The molecule has 146 valence electrons. The van der Waals surface area contributed by atoms with Gasteiger partial charge in [0.25, 0.3) is 0 Å². The van der Waals surface area contributed by atoms with Crippen LogP contribution in [0.3, 0.4) is 0 Å². The SMILES string of the molecule is CCNC(=NCC(C)c1ccsc1)NCCCN(C)CC(F)(F)F.I. The molecule has 1 rings (SSSR count). The standard InChI is InChI=1S/C16H27F3N4S.HI/c1-4-20-15(22-10-13(2)14-6-9-24-11-14)21-7-5-8-23(3)12-16(17,18)19;/h6,9,11,13H,4-5,7-8,10,12H2,1-3H3,(H2,20,21,22);1H. The molecule has 0 saturated heterocycles. The number of rotatable bonds is 9. The van der Waals surface area contributed by atoms with Crippen LogP contribution in [0.1, 0.15) is 31.7 Å². The van der Waals surface area contributed by atoms with Crippen molar-refractivity contribution in [3.05, 3.63) is 22.4 Å². The molecule has 1 heterocycles. The minimum Gasteiger partial charge on any atom is -0.357 e. The Morgan fingerprint density at radius 3 is 2.64 bits per heavy atom. The first-order valence-electron chi connectivity index (χ1n) is 8.11. The van der Waals surface area contributed by atoms with Gasteiger partial charge in [-0.05, 0) is 49.3 Å². The Balaban J connectivity index is 0.00000576. The monoisotopic (exact) mass is 492 g/mol. The van der Waals surface area contributed by atoms with Crippen LogP contribution in [0.25, 0.3) is 0 Å². The summed E-state index contributed by atoms with van der Waals surface area (Å²) in [6.07, 6.45) is -3.52. The third kappa shape index (κ3) is 11.6. The molecule has 0 aliphatic carbocycles. The number of hydrogen-bond donors (Lipinski definition) is 2. The van der Waals surface area contributed by atoms with Crippen molar-refractivity contribution in [3.63, 3.8) is 0 Å². The summed E-state index contributed by atoms with van der Waals surface area (Å²) in [6, 6.07) is 2.10. The quantitative estimate of drug-likeness (QED) is 0.238. The highest BCUT2D eigenvalue weighted by Gasteiger charge is 2.28. The van der Waals surface area contributed by atoms with E-state index in [0.29, 0.717) is 37.9 Å². The van der Waals surface area contributed by atoms with Gasteiger partial charge in [-0.2, -0.15) is 24.5 Å². The minimum absolute atomic E-state index is 0. The Labute approximate surface area is 169 Å². The van der Waals surface area contributed by atoms with Crippen molar-refractivity contribution in [3.8, 4) is 0 Å². The molecule has 0 saturated carbocycles. The lowest BCUT2D eigenvalue weighted by atomic mass is 10.1. The van der Waals surface area contributed by atoms with Gasteiger partial charge in [0.05, 0.1) is 6.54 Å². The van der Waals surface area contributed by atoms with Crippen molar-refractivity contribution in [2.24, 2.45) is 4.99 Å². The first-order valence-corrected chi connectivity index (χ1v) is 9.05. The predicted octanol–water partition coefficient (Wildman–Crippen LogP) is 3.91. The van der Waals surface area contributed by atoms with Crippen molar-refractivity contribution >= 4 is 41.3 Å². The second-order valence-electron chi connectivity index (χ2n) is 5.81. The van der Waals surface area contributed by atoms with E-state index < -0.39 is 12.7 Å². The minimum atomic E-state index is -4.14. The van der Waals surface area contributed by atoms with E-state index in [4.69, 9.17) is 0 Å². The highest BCUT2D eigenvalue weighted by molar-refractivity contribution is 14.0. The molecule has 4 nitrogen and oxygen atoms in total. The van der Waals surface area contributed by atoms with Gasteiger partial charge in [0.1, 0.15) is 0 Å². The van der Waals surface area contributed by atoms with E-state index in [-0.39, 0.29) is 24.0 Å². The predicted molar refractivity (Wildman–Crippen MR) is 110 cm³/mol. The zero-order valence-electron chi connectivity index (χ0n) is 14.9. The summed E-state index contributed by atoms with van der Waals surface area (Å²) in [7, 11) is 1.48. The van der Waals surface area contributed by atoms with Crippen molar-refractivity contribution in [2.75, 3.05) is 39.8 Å². The second kappa shape index (κ2) is 12.7. The first kappa shape index (κ1) is 24.5. The Hall–Kier alpha value is -0.550. The Kier molecular flexibility index (Phi) is 12.5. The van der Waals surface area contributed by atoms with Gasteiger partial charge < -0.3 is 10.6 Å². The maximum absolute atomic E-state index is 12.3. The van der Waals surface area contributed by atoms with Crippen LogP contribution in [-0.2, 0) is 0 Å². The molecular formula is C16H28F3IN4S. The molecule has 9 heteroatoms. The van der Waals surface area contributed by atoms with Crippen molar-refractivity contribution in [1.29, 1.82) is 0 Å². The Bertz CT molecular complexity index is 480. The Morgan fingerprint density at radius 1 is 1.36 bits per heavy atom. The number of alkyl halides is 3. The molecule has 1 aromatic heterocycles. The summed E-state index contributed by atoms with van der Waals surface area (Å²) >= 11 is 1.67. The summed E-state index contributed by atoms with van der Waals surface area (Å²) in [5.41, 5.74) is 1.27. The van der Waals surface area contributed by atoms with Gasteiger partial charge in [-0.1, -0.05) is 6.92 Å². The van der Waals surface area contributed by atoms with Crippen LogP contribution >= 0.6 is 35.3 Å². The number of hydrogen-bond acceptors (Lipinski definition) is 3. The molecule has 0 spiro atoms. The zero-order valence-corrected chi connectivity index (χ0v) is 18.0. The van der Waals surface area contributed by atoms with Crippen LogP contribution in [0.5, 0.6) is 0 Å². The van der Waals surface area contributed by atoms with Crippen LogP contribution in [0.15, 0.2) is 21.8 Å². The van der Waals surface area contributed by atoms with E-state index in [2.05, 4.69) is 39.4 Å². The molecule has 0 aliphatic heterocycles. The fraction of sp³-hybridized carbons (Fsp3) is 0.688. The van der Waals surface area contributed by atoms with Gasteiger partial charge in [0, 0.05) is 25.6 Å². The average Bonchev–Trinajstić information content (AvgIpc) is 3.01. The number of thiophene rings is 1. The molecule has 25 heavy (non-hydrogen) atoms. The highest BCUT2D eigenvalue weighted by atomic mass is 127. The fourth-order valence-electron chi connectivity index (χ4n) is 2.17. The van der Waals surface area contributed by atoms with Crippen molar-refractivity contribution < 1.29 is 13.2 Å². The van der Waals surface area contributed by atoms with Gasteiger partial charge in [-0.15, -0.1) is 24.0 Å². The van der Waals surface area contributed by atoms with Crippen LogP contribution < -0.4 is 10.6 Å². The van der Waals surface area contributed by atoms with Gasteiger partial charge >= 0.3 is 6.18 Å². The largest absolute Gasteiger partial charge is 0.401 e. The van der Waals surface area contributed by atoms with E-state index in [1.54, 1.807) is 11.3 Å². The summed E-state index contributed by atoms with van der Waals surface area (Å²) in [5, 5.41) is 10.5. The number of halogens is 4. The fourth-order valence-corrected chi connectivity index (χ4v) is 2.95. The maximum atomic E-state index is 12.3. The maximum Gasteiger partial charge on any atom is 0.401 e. The van der Waals surface area contributed by atoms with Crippen LogP contribution in [0, 0.1) is 0 Å². The molecule has 0 aliphatic rings. The Morgan fingerprint density at radius 2 is 2.08 bits per heavy atom. The van der Waals surface area contributed by atoms with E-state index >= 15 is 0 Å². The average molecular weight is 492 g/mol. The van der Waals surface area contributed by atoms with Crippen molar-refractivity contribution in [1.82, 2.24) is 15.5 Å². The molecule has 0 fully saturated rings. The topological polar surface area (TPSA) is 39.7 Å². The van der Waals surface area contributed by atoms with E-state index in [9.17, 15) is 13.2 Å². The normalized spacial score (nSPS) is 13.5. The molecule has 1 unspecified atom stereocenters. The molecular weight excluding hydrogens is 464 g/mol. The van der Waals surface area contributed by atoms with Gasteiger partial charge in [-0.3, -0.25) is 9.89 Å². The molecule has 1 aromatic rings. The van der Waals surface area contributed by atoms with E-state index in [1.165, 1.54) is 17.5 Å². The zero-order chi connectivity index (χ0) is 18.0. The number of aliphatic imine (C=N–C) groups is 1. The van der Waals surface area contributed by atoms with Crippen LogP contribution in [0.2, 0.25) is 0 Å². The summed E-state index contributed by atoms with van der Waals surface area (Å²) in [5.74, 6) is 1.04. The van der Waals surface area contributed by atoms with Crippen molar-refractivity contribution in [2.45, 2.75) is 32.4 Å². The van der Waals surface area contributed by atoms with E-state index in [0.717, 1.165) is 6.54 Å². The van der Waals surface area contributed by atoms with E-state index in [1.807, 2.05) is 6.92 Å².